The monoisotopic (exact) mass is 297 g/mol. The molecule has 0 saturated heterocycles. The summed E-state index contributed by atoms with van der Waals surface area (Å²) < 4.78 is 5.10. The van der Waals surface area contributed by atoms with Crippen LogP contribution in [0.25, 0.3) is 0 Å². The number of aliphatic hydroxyl groups is 1. The second-order valence-corrected chi connectivity index (χ2v) is 6.12. The van der Waals surface area contributed by atoms with Crippen LogP contribution in [0, 0.1) is 5.41 Å². The zero-order valence-corrected chi connectivity index (χ0v) is 13.3. The quantitative estimate of drug-likeness (QED) is 0.688. The minimum Gasteiger partial charge on any atom is -0.396 e. The van der Waals surface area contributed by atoms with Crippen molar-refractivity contribution in [2.45, 2.75) is 59.3 Å². The zero-order chi connectivity index (χ0) is 15.7. The number of carbonyl (C=O) groups excluding carboxylic acids is 1. The average Bonchev–Trinajstić information content (AvgIpc) is 2.89. The number of nitrogens with one attached hydrogen (secondary N) is 1. The third-order valence-corrected chi connectivity index (χ3v) is 3.33. The highest BCUT2D eigenvalue weighted by atomic mass is 16.5. The van der Waals surface area contributed by atoms with Gasteiger partial charge in [-0.15, -0.1) is 0 Å². The fourth-order valence-electron chi connectivity index (χ4n) is 2.01. The Hall–Kier alpha value is -1.43. The Bertz CT molecular complexity index is 430. The SMILES string of the molecule is CCCc1noc(CCC(=O)NCC(C)(C)CCCO)n1. The van der Waals surface area contributed by atoms with Gasteiger partial charge in [-0.1, -0.05) is 25.9 Å². The molecule has 0 unspecified atom stereocenters. The summed E-state index contributed by atoms with van der Waals surface area (Å²) >= 11 is 0. The lowest BCUT2D eigenvalue weighted by Crippen LogP contribution is -2.34. The first-order chi connectivity index (χ1) is 9.96. The van der Waals surface area contributed by atoms with Gasteiger partial charge in [-0.05, 0) is 24.7 Å². The van der Waals surface area contributed by atoms with Gasteiger partial charge >= 0.3 is 0 Å². The van der Waals surface area contributed by atoms with Gasteiger partial charge in [0.15, 0.2) is 5.82 Å². The molecular weight excluding hydrogens is 270 g/mol. The minimum absolute atomic E-state index is 0.00280. The van der Waals surface area contributed by atoms with E-state index in [0.29, 0.717) is 31.1 Å². The van der Waals surface area contributed by atoms with Crippen LogP contribution in [0.1, 0.15) is 58.2 Å². The third kappa shape index (κ3) is 7.22. The van der Waals surface area contributed by atoms with Gasteiger partial charge in [0.1, 0.15) is 0 Å². The molecule has 2 N–H and O–H groups in total. The maximum atomic E-state index is 11.8. The number of hydrogen-bond acceptors (Lipinski definition) is 5. The van der Waals surface area contributed by atoms with Gasteiger partial charge in [-0.25, -0.2) is 0 Å². The largest absolute Gasteiger partial charge is 0.396 e. The molecule has 0 fully saturated rings. The lowest BCUT2D eigenvalue weighted by Gasteiger charge is -2.24. The number of rotatable bonds is 10. The van der Waals surface area contributed by atoms with E-state index in [0.717, 1.165) is 25.7 Å². The summed E-state index contributed by atoms with van der Waals surface area (Å²) in [6, 6.07) is 0. The smallest absolute Gasteiger partial charge is 0.227 e. The molecular formula is C15H27N3O3. The lowest BCUT2D eigenvalue weighted by atomic mass is 9.88. The number of nitrogens with zero attached hydrogens (tertiary/aromatic N) is 2. The maximum Gasteiger partial charge on any atom is 0.227 e. The van der Waals surface area contributed by atoms with Crippen LogP contribution in [-0.4, -0.2) is 34.3 Å². The predicted molar refractivity (Wildman–Crippen MR) is 79.7 cm³/mol. The molecule has 6 heteroatoms. The summed E-state index contributed by atoms with van der Waals surface area (Å²) in [5, 5.41) is 15.6. The lowest BCUT2D eigenvalue weighted by molar-refractivity contribution is -0.121. The van der Waals surface area contributed by atoms with Crippen LogP contribution in [0.15, 0.2) is 4.52 Å². The molecule has 1 heterocycles. The van der Waals surface area contributed by atoms with E-state index in [9.17, 15) is 4.79 Å². The molecule has 0 aliphatic rings. The van der Waals surface area contributed by atoms with E-state index in [1.807, 2.05) is 0 Å². The van der Waals surface area contributed by atoms with Crippen molar-refractivity contribution in [3.8, 4) is 0 Å². The number of aliphatic hydroxyl groups excluding tert-OH is 1. The molecule has 1 aromatic rings. The molecule has 0 aliphatic heterocycles. The van der Waals surface area contributed by atoms with E-state index < -0.39 is 0 Å². The summed E-state index contributed by atoms with van der Waals surface area (Å²) in [5.41, 5.74) is -0.00280. The normalized spacial score (nSPS) is 11.6. The van der Waals surface area contributed by atoms with Crippen molar-refractivity contribution >= 4 is 5.91 Å². The fraction of sp³-hybridized carbons (Fsp3) is 0.800. The first kappa shape index (κ1) is 17.6. The number of hydrogen-bond donors (Lipinski definition) is 2. The predicted octanol–water partition coefficient (Wildman–Crippen LogP) is 1.87. The number of aryl methyl sites for hydroxylation is 2. The van der Waals surface area contributed by atoms with Gasteiger partial charge in [0, 0.05) is 32.4 Å². The summed E-state index contributed by atoms with van der Waals surface area (Å²) in [4.78, 5) is 16.1. The molecule has 6 nitrogen and oxygen atoms in total. The Balaban J connectivity index is 2.27. The number of amides is 1. The van der Waals surface area contributed by atoms with E-state index in [-0.39, 0.29) is 17.9 Å². The van der Waals surface area contributed by atoms with Crippen molar-refractivity contribution in [2.75, 3.05) is 13.2 Å². The molecule has 0 radical (unpaired) electrons. The van der Waals surface area contributed by atoms with Crippen LogP contribution < -0.4 is 5.32 Å². The molecule has 0 aliphatic carbocycles. The van der Waals surface area contributed by atoms with E-state index in [4.69, 9.17) is 9.63 Å². The zero-order valence-electron chi connectivity index (χ0n) is 13.3. The summed E-state index contributed by atoms with van der Waals surface area (Å²) in [6.45, 7) is 7.02. The fourth-order valence-corrected chi connectivity index (χ4v) is 2.01. The number of carbonyl (C=O) groups is 1. The first-order valence-electron chi connectivity index (χ1n) is 7.66. The van der Waals surface area contributed by atoms with Gasteiger partial charge in [0.05, 0.1) is 0 Å². The van der Waals surface area contributed by atoms with Crippen molar-refractivity contribution in [2.24, 2.45) is 5.41 Å². The Morgan fingerprint density at radius 3 is 2.81 bits per heavy atom. The van der Waals surface area contributed by atoms with Crippen LogP contribution in [0.4, 0.5) is 0 Å². The topological polar surface area (TPSA) is 88.2 Å². The minimum atomic E-state index is -0.0117. The molecule has 21 heavy (non-hydrogen) atoms. The van der Waals surface area contributed by atoms with Gasteiger partial charge in [0.25, 0.3) is 0 Å². The average molecular weight is 297 g/mol. The van der Waals surface area contributed by atoms with Crippen molar-refractivity contribution in [3.63, 3.8) is 0 Å². The van der Waals surface area contributed by atoms with Gasteiger partial charge in [-0.3, -0.25) is 4.79 Å². The van der Waals surface area contributed by atoms with Crippen molar-refractivity contribution in [1.82, 2.24) is 15.5 Å². The summed E-state index contributed by atoms with van der Waals surface area (Å²) in [5.74, 6) is 1.22. The molecule has 1 aromatic heterocycles. The molecule has 0 bridgehead atoms. The Morgan fingerprint density at radius 2 is 2.14 bits per heavy atom. The van der Waals surface area contributed by atoms with Gasteiger partial charge < -0.3 is 14.9 Å². The second kappa shape index (κ2) is 8.77. The Kier molecular flexibility index (Phi) is 7.36. The van der Waals surface area contributed by atoms with Crippen LogP contribution >= 0.6 is 0 Å². The Morgan fingerprint density at radius 1 is 1.38 bits per heavy atom. The highest BCUT2D eigenvalue weighted by molar-refractivity contribution is 5.76. The van der Waals surface area contributed by atoms with E-state index in [1.54, 1.807) is 0 Å². The molecule has 0 atom stereocenters. The standard InChI is InChI=1S/C15H27N3O3/c1-4-6-12-17-14(21-18-12)8-7-13(20)16-11-15(2,3)9-5-10-19/h19H,4-11H2,1-3H3,(H,16,20). The van der Waals surface area contributed by atoms with Crippen LogP contribution in [-0.2, 0) is 17.6 Å². The molecule has 0 aromatic carbocycles. The highest BCUT2D eigenvalue weighted by Crippen LogP contribution is 2.20. The molecule has 1 amide bonds. The second-order valence-electron chi connectivity index (χ2n) is 6.12. The van der Waals surface area contributed by atoms with Crippen molar-refractivity contribution in [1.29, 1.82) is 0 Å². The molecule has 0 spiro atoms. The van der Waals surface area contributed by atoms with Gasteiger partial charge in [-0.2, -0.15) is 4.98 Å². The number of aromatic nitrogens is 2. The van der Waals surface area contributed by atoms with E-state index >= 15 is 0 Å². The molecule has 0 saturated carbocycles. The molecule has 120 valence electrons. The van der Waals surface area contributed by atoms with E-state index in [1.165, 1.54) is 0 Å². The van der Waals surface area contributed by atoms with Crippen molar-refractivity contribution < 1.29 is 14.4 Å². The van der Waals surface area contributed by atoms with Crippen LogP contribution in [0.3, 0.4) is 0 Å². The van der Waals surface area contributed by atoms with Crippen LogP contribution in [0.2, 0.25) is 0 Å². The first-order valence-corrected chi connectivity index (χ1v) is 7.66. The third-order valence-electron chi connectivity index (χ3n) is 3.33. The van der Waals surface area contributed by atoms with Crippen molar-refractivity contribution in [3.05, 3.63) is 11.7 Å². The maximum absolute atomic E-state index is 11.8. The summed E-state index contributed by atoms with van der Waals surface area (Å²) in [7, 11) is 0. The van der Waals surface area contributed by atoms with E-state index in [2.05, 4.69) is 36.2 Å². The summed E-state index contributed by atoms with van der Waals surface area (Å²) in [6.07, 6.45) is 4.24. The molecule has 1 rings (SSSR count). The van der Waals surface area contributed by atoms with Gasteiger partial charge in [0.2, 0.25) is 11.8 Å². The van der Waals surface area contributed by atoms with Crippen LogP contribution in [0.5, 0.6) is 0 Å². The Labute approximate surface area is 126 Å². The highest BCUT2D eigenvalue weighted by Gasteiger charge is 2.18.